The van der Waals surface area contributed by atoms with E-state index in [9.17, 15) is 4.39 Å². The van der Waals surface area contributed by atoms with E-state index in [1.54, 1.807) is 6.07 Å². The molecule has 0 amide bonds. The molecule has 4 aromatic rings. The molecule has 2 fully saturated rings. The molecule has 0 radical (unpaired) electrons. The number of nitrogens with zero attached hydrogens (tertiary/aromatic N) is 4. The van der Waals surface area contributed by atoms with E-state index >= 15 is 0 Å². The van der Waals surface area contributed by atoms with Crippen LogP contribution >= 0.6 is 0 Å². The fourth-order valence-corrected chi connectivity index (χ4v) is 4.81. The van der Waals surface area contributed by atoms with Gasteiger partial charge in [-0.3, -0.25) is 0 Å². The summed E-state index contributed by atoms with van der Waals surface area (Å²) in [5.41, 5.74) is 13.7. The molecular weight excluding hydrogens is 411 g/mol. The summed E-state index contributed by atoms with van der Waals surface area (Å²) in [7, 11) is 0. The molecule has 9 heteroatoms. The van der Waals surface area contributed by atoms with Crippen molar-refractivity contribution in [2.45, 2.75) is 44.9 Å². The number of nitrogens with two attached hydrogens (primary N) is 2. The standard InChI is InChI=1S/C14H18N4O.C9H7FN2O/c1-8-6-18(14-12(8)13(15)16-7-17-14)11-5-9-3-2-4-10(9)19-11;10-7-3-5-1-2-6(13)4-8(5)12-9(7)11/h6-7,9-11H,2-5H2,1H3,(H2,15,16,17);1-4,13H,(H2,11,12). The van der Waals surface area contributed by atoms with E-state index in [4.69, 9.17) is 21.3 Å². The fourth-order valence-electron chi connectivity index (χ4n) is 4.81. The van der Waals surface area contributed by atoms with Crippen molar-refractivity contribution >= 4 is 33.6 Å². The normalized spacial score (nSPS) is 22.1. The summed E-state index contributed by atoms with van der Waals surface area (Å²) in [5.74, 6) is 0.670. The molecule has 5 N–H and O–H groups in total. The van der Waals surface area contributed by atoms with E-state index in [1.807, 2.05) is 6.92 Å². The topological polar surface area (TPSA) is 125 Å². The first-order chi connectivity index (χ1) is 15.4. The molecule has 3 atom stereocenters. The number of phenolic OH excluding ortho intramolecular Hbond substituents is 1. The number of hydrogen-bond acceptors (Lipinski definition) is 7. The number of aryl methyl sites for hydroxylation is 1. The zero-order valence-corrected chi connectivity index (χ0v) is 17.7. The molecule has 4 heterocycles. The Labute approximate surface area is 184 Å². The minimum atomic E-state index is -0.543. The van der Waals surface area contributed by atoms with Crippen LogP contribution in [-0.4, -0.2) is 30.7 Å². The van der Waals surface area contributed by atoms with Crippen molar-refractivity contribution < 1.29 is 14.2 Å². The van der Waals surface area contributed by atoms with Crippen LogP contribution in [0.2, 0.25) is 0 Å². The number of phenols is 1. The van der Waals surface area contributed by atoms with Gasteiger partial charge in [-0.2, -0.15) is 0 Å². The van der Waals surface area contributed by atoms with Gasteiger partial charge in [-0.1, -0.05) is 6.42 Å². The van der Waals surface area contributed by atoms with Crippen molar-refractivity contribution in [2.24, 2.45) is 5.92 Å². The third kappa shape index (κ3) is 3.58. The Morgan fingerprint density at radius 2 is 2.00 bits per heavy atom. The molecule has 0 bridgehead atoms. The first-order valence-electron chi connectivity index (χ1n) is 10.7. The van der Waals surface area contributed by atoms with Crippen LogP contribution in [0.25, 0.3) is 21.9 Å². The van der Waals surface area contributed by atoms with Crippen LogP contribution in [0, 0.1) is 18.7 Å². The first kappa shape index (κ1) is 20.4. The first-order valence-corrected chi connectivity index (χ1v) is 10.7. The van der Waals surface area contributed by atoms with Gasteiger partial charge in [0, 0.05) is 17.6 Å². The Morgan fingerprint density at radius 3 is 2.81 bits per heavy atom. The molecule has 6 rings (SSSR count). The summed E-state index contributed by atoms with van der Waals surface area (Å²) in [4.78, 5) is 12.2. The molecule has 1 saturated heterocycles. The lowest BCUT2D eigenvalue weighted by molar-refractivity contribution is 0.00196. The molecule has 8 nitrogen and oxygen atoms in total. The van der Waals surface area contributed by atoms with Gasteiger partial charge in [0.15, 0.2) is 11.6 Å². The highest BCUT2D eigenvalue weighted by Gasteiger charge is 2.39. The Morgan fingerprint density at radius 1 is 1.16 bits per heavy atom. The Balaban J connectivity index is 0.000000146. The number of rotatable bonds is 1. The average molecular weight is 436 g/mol. The van der Waals surface area contributed by atoms with Gasteiger partial charge in [-0.25, -0.2) is 19.3 Å². The van der Waals surface area contributed by atoms with Crippen LogP contribution in [0.4, 0.5) is 16.0 Å². The quantitative estimate of drug-likeness (QED) is 0.411. The highest BCUT2D eigenvalue weighted by atomic mass is 19.1. The second-order valence-electron chi connectivity index (χ2n) is 8.47. The summed E-state index contributed by atoms with van der Waals surface area (Å²) in [6.45, 7) is 2.05. The van der Waals surface area contributed by atoms with Crippen molar-refractivity contribution in [1.82, 2.24) is 19.5 Å². The van der Waals surface area contributed by atoms with Gasteiger partial charge in [0.05, 0.1) is 17.0 Å². The van der Waals surface area contributed by atoms with E-state index in [1.165, 1.54) is 43.8 Å². The molecule has 0 spiro atoms. The van der Waals surface area contributed by atoms with Crippen molar-refractivity contribution in [3.05, 3.63) is 48.2 Å². The van der Waals surface area contributed by atoms with Gasteiger partial charge in [-0.05, 0) is 55.9 Å². The van der Waals surface area contributed by atoms with Crippen molar-refractivity contribution in [3.63, 3.8) is 0 Å². The van der Waals surface area contributed by atoms with Gasteiger partial charge >= 0.3 is 0 Å². The number of aromatic nitrogens is 4. The van der Waals surface area contributed by atoms with Gasteiger partial charge in [-0.15, -0.1) is 0 Å². The number of halogens is 1. The van der Waals surface area contributed by atoms with Crippen LogP contribution in [-0.2, 0) is 4.74 Å². The monoisotopic (exact) mass is 436 g/mol. The number of pyridine rings is 1. The highest BCUT2D eigenvalue weighted by molar-refractivity contribution is 5.89. The van der Waals surface area contributed by atoms with Gasteiger partial charge in [0.1, 0.15) is 29.8 Å². The molecule has 32 heavy (non-hydrogen) atoms. The predicted molar refractivity (Wildman–Crippen MR) is 120 cm³/mol. The van der Waals surface area contributed by atoms with Crippen LogP contribution in [0.15, 0.2) is 36.8 Å². The Hall–Kier alpha value is -3.46. The van der Waals surface area contributed by atoms with Crippen LogP contribution in [0.5, 0.6) is 5.75 Å². The number of nitrogen functional groups attached to an aromatic ring is 2. The predicted octanol–water partition coefficient (Wildman–Crippen LogP) is 4.07. The zero-order valence-electron chi connectivity index (χ0n) is 17.7. The summed E-state index contributed by atoms with van der Waals surface area (Å²) in [6, 6.07) is 5.78. The maximum absolute atomic E-state index is 12.9. The van der Waals surface area contributed by atoms with E-state index in [-0.39, 0.29) is 17.8 Å². The second kappa shape index (κ2) is 7.90. The molecule has 166 valence electrons. The minimum Gasteiger partial charge on any atom is -0.508 e. The molecule has 2 aliphatic rings. The fraction of sp³-hybridized carbons (Fsp3) is 0.348. The smallest absolute Gasteiger partial charge is 0.165 e. The molecule has 1 aliphatic heterocycles. The molecule has 1 saturated carbocycles. The van der Waals surface area contributed by atoms with E-state index in [2.05, 4.69) is 25.7 Å². The van der Waals surface area contributed by atoms with E-state index < -0.39 is 5.82 Å². The highest BCUT2D eigenvalue weighted by Crippen LogP contribution is 2.44. The van der Waals surface area contributed by atoms with Crippen molar-refractivity contribution in [1.29, 1.82) is 0 Å². The Bertz CT molecular complexity index is 1290. The minimum absolute atomic E-state index is 0.0889. The number of fused-ring (bicyclic) bond motifs is 3. The largest absolute Gasteiger partial charge is 0.508 e. The van der Waals surface area contributed by atoms with Gasteiger partial charge < -0.3 is 25.9 Å². The zero-order chi connectivity index (χ0) is 22.4. The molecule has 1 aromatic carbocycles. The summed E-state index contributed by atoms with van der Waals surface area (Å²) in [5, 5.41) is 10.7. The molecule has 3 aromatic heterocycles. The van der Waals surface area contributed by atoms with Gasteiger partial charge in [0.2, 0.25) is 0 Å². The maximum atomic E-state index is 12.9. The summed E-state index contributed by atoms with van der Waals surface area (Å²) in [6.07, 6.45) is 9.10. The van der Waals surface area contributed by atoms with E-state index in [0.29, 0.717) is 22.8 Å². The lowest BCUT2D eigenvalue weighted by Crippen LogP contribution is -2.10. The average Bonchev–Trinajstić information content (AvgIpc) is 3.44. The number of anilines is 2. The lowest BCUT2D eigenvalue weighted by atomic mass is 10.0. The number of aromatic hydroxyl groups is 1. The lowest BCUT2D eigenvalue weighted by Gasteiger charge is -2.15. The van der Waals surface area contributed by atoms with Crippen molar-refractivity contribution in [3.8, 4) is 5.75 Å². The number of benzene rings is 1. The third-order valence-corrected chi connectivity index (χ3v) is 6.35. The maximum Gasteiger partial charge on any atom is 0.165 e. The van der Waals surface area contributed by atoms with Gasteiger partial charge in [0.25, 0.3) is 0 Å². The third-order valence-electron chi connectivity index (χ3n) is 6.35. The van der Waals surface area contributed by atoms with Crippen LogP contribution in [0.3, 0.4) is 0 Å². The van der Waals surface area contributed by atoms with Crippen LogP contribution in [0.1, 0.15) is 37.5 Å². The van der Waals surface area contributed by atoms with Crippen LogP contribution < -0.4 is 11.5 Å². The number of hydrogen-bond donors (Lipinski definition) is 3. The molecule has 3 unspecified atom stereocenters. The van der Waals surface area contributed by atoms with E-state index in [0.717, 1.165) is 28.9 Å². The van der Waals surface area contributed by atoms with Crippen molar-refractivity contribution in [2.75, 3.05) is 11.5 Å². The number of ether oxygens (including phenoxy) is 1. The molecule has 1 aliphatic carbocycles. The SMILES string of the molecule is Cc1cn(C2CC3CCCC3O2)c2ncnc(N)c12.Nc1nc2cc(O)ccc2cc1F. The molecular formula is C23H25FN6O2. The summed E-state index contributed by atoms with van der Waals surface area (Å²) >= 11 is 0. The summed E-state index contributed by atoms with van der Waals surface area (Å²) < 4.78 is 21.2. The Kier molecular flexibility index (Phi) is 5.05. The second-order valence-corrected chi connectivity index (χ2v) is 8.47.